The van der Waals surface area contributed by atoms with Gasteiger partial charge in [-0.2, -0.15) is 0 Å². The molecule has 1 heterocycles. The Labute approximate surface area is 181 Å². The number of carbonyl (C=O) groups excluding carboxylic acids is 1. The molecule has 2 fully saturated rings. The number of rotatable bonds is 6. The van der Waals surface area contributed by atoms with Crippen LogP contribution in [-0.4, -0.2) is 43.4 Å². The number of nitrogens with zero attached hydrogens (tertiary/aromatic N) is 1. The molecule has 1 aromatic carbocycles. The molecule has 1 aromatic rings. The van der Waals surface area contributed by atoms with E-state index in [9.17, 15) is 4.79 Å². The molecular weight excluding hydrogens is 376 g/mol. The van der Waals surface area contributed by atoms with Crippen molar-refractivity contribution in [2.75, 3.05) is 30.3 Å². The summed E-state index contributed by atoms with van der Waals surface area (Å²) in [7, 11) is 0. The molecule has 6 nitrogen and oxygen atoms in total. The summed E-state index contributed by atoms with van der Waals surface area (Å²) in [6.07, 6.45) is 7.78. The molecule has 1 aliphatic carbocycles. The zero-order chi connectivity index (χ0) is 21.6. The number of amides is 1. The summed E-state index contributed by atoms with van der Waals surface area (Å²) in [5.41, 5.74) is 7.48. The topological polar surface area (TPSA) is 79.6 Å². The average Bonchev–Trinajstić information content (AvgIpc) is 2.69. The van der Waals surface area contributed by atoms with Gasteiger partial charge in [0.05, 0.1) is 0 Å². The van der Waals surface area contributed by atoms with Crippen LogP contribution in [0.4, 0.5) is 16.2 Å². The van der Waals surface area contributed by atoms with E-state index in [2.05, 4.69) is 27.7 Å². The maximum absolute atomic E-state index is 11.9. The van der Waals surface area contributed by atoms with Crippen LogP contribution in [0.1, 0.15) is 65.7 Å². The maximum Gasteiger partial charge on any atom is 0.407 e. The first-order valence-electron chi connectivity index (χ1n) is 11.6. The largest absolute Gasteiger partial charge is 0.444 e. The zero-order valence-electron chi connectivity index (χ0n) is 19.0. The van der Waals surface area contributed by atoms with Crippen molar-refractivity contribution in [2.24, 2.45) is 5.92 Å². The third kappa shape index (κ3) is 7.38. The molecule has 30 heavy (non-hydrogen) atoms. The van der Waals surface area contributed by atoms with Crippen LogP contribution in [0.15, 0.2) is 24.3 Å². The van der Waals surface area contributed by atoms with E-state index in [1.54, 1.807) is 0 Å². The fraction of sp³-hybridized carbons (Fsp3) is 0.708. The lowest BCUT2D eigenvalue weighted by Crippen LogP contribution is -2.44. The molecule has 3 rings (SSSR count). The normalized spacial score (nSPS) is 23.2. The van der Waals surface area contributed by atoms with E-state index in [4.69, 9.17) is 10.5 Å². The highest BCUT2D eigenvalue weighted by Gasteiger charge is 2.25. The minimum absolute atomic E-state index is 0.246. The van der Waals surface area contributed by atoms with E-state index in [0.717, 1.165) is 56.9 Å². The highest BCUT2D eigenvalue weighted by atomic mass is 16.6. The van der Waals surface area contributed by atoms with Crippen molar-refractivity contribution >= 4 is 17.5 Å². The lowest BCUT2D eigenvalue weighted by molar-refractivity contribution is 0.0489. The number of alkyl carbamates (subject to hydrolysis) is 1. The van der Waals surface area contributed by atoms with Crippen molar-refractivity contribution in [1.82, 2.24) is 10.6 Å². The van der Waals surface area contributed by atoms with Crippen LogP contribution in [0.3, 0.4) is 0 Å². The van der Waals surface area contributed by atoms with Crippen LogP contribution in [-0.2, 0) is 4.74 Å². The second-order valence-corrected chi connectivity index (χ2v) is 9.96. The lowest BCUT2D eigenvalue weighted by atomic mass is 9.90. The van der Waals surface area contributed by atoms with Crippen molar-refractivity contribution in [2.45, 2.75) is 83.4 Å². The Morgan fingerprint density at radius 2 is 1.63 bits per heavy atom. The number of hydrogen-bond acceptors (Lipinski definition) is 5. The van der Waals surface area contributed by atoms with Gasteiger partial charge in [0.25, 0.3) is 0 Å². The summed E-state index contributed by atoms with van der Waals surface area (Å²) in [5.74, 6) is 0.813. The van der Waals surface area contributed by atoms with E-state index < -0.39 is 5.60 Å². The zero-order valence-corrected chi connectivity index (χ0v) is 19.0. The molecule has 0 aromatic heterocycles. The summed E-state index contributed by atoms with van der Waals surface area (Å²) in [6, 6.07) is 9.06. The summed E-state index contributed by atoms with van der Waals surface area (Å²) in [6.45, 7) is 9.06. The predicted octanol–water partition coefficient (Wildman–Crippen LogP) is 4.30. The standard InChI is InChI=1S/C24H40N4O2/c1-24(2,3)30-23(29)27-21-8-6-20(7-9-21)26-15-12-18-13-16-28(17-14-18)22-10-4-19(25)5-11-22/h4-5,10-11,18,20-21,26H,6-9,12-17,25H2,1-3H3,(H,27,29). The Morgan fingerprint density at radius 3 is 2.23 bits per heavy atom. The molecule has 1 aliphatic heterocycles. The summed E-state index contributed by atoms with van der Waals surface area (Å²) in [5, 5.41) is 6.78. The van der Waals surface area contributed by atoms with Gasteiger partial charge in [0, 0.05) is 36.5 Å². The third-order valence-electron chi connectivity index (χ3n) is 6.31. The van der Waals surface area contributed by atoms with E-state index in [1.807, 2.05) is 32.9 Å². The highest BCUT2D eigenvalue weighted by molar-refractivity contribution is 5.68. The Balaban J connectivity index is 1.27. The Morgan fingerprint density at radius 1 is 1.03 bits per heavy atom. The van der Waals surface area contributed by atoms with Gasteiger partial charge in [0.2, 0.25) is 0 Å². The molecular formula is C24H40N4O2. The van der Waals surface area contributed by atoms with Gasteiger partial charge in [-0.15, -0.1) is 0 Å². The van der Waals surface area contributed by atoms with Crippen molar-refractivity contribution in [3.8, 4) is 0 Å². The molecule has 4 N–H and O–H groups in total. The predicted molar refractivity (Wildman–Crippen MR) is 124 cm³/mol. The molecule has 6 heteroatoms. The van der Waals surface area contributed by atoms with Gasteiger partial charge in [-0.25, -0.2) is 4.79 Å². The first-order chi connectivity index (χ1) is 14.3. The minimum atomic E-state index is -0.436. The number of ether oxygens (including phenoxy) is 1. The average molecular weight is 417 g/mol. The van der Waals surface area contributed by atoms with Crippen LogP contribution in [0.5, 0.6) is 0 Å². The smallest absolute Gasteiger partial charge is 0.407 e. The maximum atomic E-state index is 11.9. The van der Waals surface area contributed by atoms with Gasteiger partial charge in [-0.1, -0.05) is 0 Å². The number of piperidine rings is 1. The van der Waals surface area contributed by atoms with Crippen molar-refractivity contribution < 1.29 is 9.53 Å². The molecule has 1 saturated carbocycles. The Kier molecular flexibility index (Phi) is 7.87. The summed E-state index contributed by atoms with van der Waals surface area (Å²) >= 11 is 0. The highest BCUT2D eigenvalue weighted by Crippen LogP contribution is 2.26. The number of benzene rings is 1. The van der Waals surface area contributed by atoms with Crippen molar-refractivity contribution in [3.63, 3.8) is 0 Å². The molecule has 1 saturated heterocycles. The quantitative estimate of drug-likeness (QED) is 0.603. The molecule has 168 valence electrons. The van der Waals surface area contributed by atoms with Gasteiger partial charge >= 0.3 is 6.09 Å². The van der Waals surface area contributed by atoms with Crippen LogP contribution in [0, 0.1) is 5.92 Å². The third-order valence-corrected chi connectivity index (χ3v) is 6.31. The van der Waals surface area contributed by atoms with Gasteiger partial charge in [-0.3, -0.25) is 0 Å². The van der Waals surface area contributed by atoms with E-state index in [1.165, 1.54) is 24.9 Å². The Hall–Kier alpha value is -1.95. The van der Waals surface area contributed by atoms with Crippen LogP contribution < -0.4 is 21.3 Å². The van der Waals surface area contributed by atoms with Crippen LogP contribution >= 0.6 is 0 Å². The SMILES string of the molecule is CC(C)(C)OC(=O)NC1CCC(NCCC2CCN(c3ccc(N)cc3)CC2)CC1. The first-order valence-corrected chi connectivity index (χ1v) is 11.6. The van der Waals surface area contributed by atoms with Crippen LogP contribution in [0.2, 0.25) is 0 Å². The van der Waals surface area contributed by atoms with Gasteiger partial charge in [-0.05, 0) is 102 Å². The van der Waals surface area contributed by atoms with Gasteiger partial charge < -0.3 is 26.0 Å². The molecule has 0 radical (unpaired) electrons. The monoisotopic (exact) mass is 416 g/mol. The number of nitrogens with two attached hydrogens (primary N) is 1. The summed E-state index contributed by atoms with van der Waals surface area (Å²) in [4.78, 5) is 14.4. The second-order valence-electron chi connectivity index (χ2n) is 9.96. The molecule has 0 spiro atoms. The number of nitrogens with one attached hydrogen (secondary N) is 2. The molecule has 2 aliphatic rings. The van der Waals surface area contributed by atoms with Crippen molar-refractivity contribution in [3.05, 3.63) is 24.3 Å². The van der Waals surface area contributed by atoms with E-state index >= 15 is 0 Å². The molecule has 0 bridgehead atoms. The minimum Gasteiger partial charge on any atom is -0.444 e. The van der Waals surface area contributed by atoms with Crippen molar-refractivity contribution in [1.29, 1.82) is 0 Å². The summed E-state index contributed by atoms with van der Waals surface area (Å²) < 4.78 is 5.37. The van der Waals surface area contributed by atoms with Crippen LogP contribution in [0.25, 0.3) is 0 Å². The first kappa shape index (κ1) is 22.7. The van der Waals surface area contributed by atoms with Gasteiger partial charge in [0.15, 0.2) is 0 Å². The number of nitrogen functional groups attached to an aromatic ring is 1. The van der Waals surface area contributed by atoms with E-state index in [-0.39, 0.29) is 12.1 Å². The van der Waals surface area contributed by atoms with E-state index in [0.29, 0.717) is 6.04 Å². The fourth-order valence-corrected chi connectivity index (χ4v) is 4.57. The molecule has 1 amide bonds. The molecule has 0 unspecified atom stereocenters. The number of carbonyl (C=O) groups is 1. The fourth-order valence-electron chi connectivity index (χ4n) is 4.57. The molecule has 0 atom stereocenters. The number of hydrogen-bond donors (Lipinski definition) is 3. The van der Waals surface area contributed by atoms with Gasteiger partial charge in [0.1, 0.15) is 5.60 Å². The number of anilines is 2. The second kappa shape index (κ2) is 10.4. The lowest BCUT2D eigenvalue weighted by Gasteiger charge is -2.34. The Bertz CT molecular complexity index is 655.